The summed E-state index contributed by atoms with van der Waals surface area (Å²) in [4.78, 5) is 35.7. The zero-order chi connectivity index (χ0) is 17.1. The number of benzene rings is 1. The minimum Gasteiger partial charge on any atom is -0.480 e. The monoisotopic (exact) mass is 320 g/mol. The van der Waals surface area contributed by atoms with Gasteiger partial charge in [0.2, 0.25) is 0 Å². The summed E-state index contributed by atoms with van der Waals surface area (Å²) in [6, 6.07) is 5.23. The molecule has 0 spiro atoms. The number of amidine groups is 1. The number of hydrogen-bond acceptors (Lipinski definition) is 5. The number of ether oxygens (including phenoxy) is 1. The third-order valence-corrected chi connectivity index (χ3v) is 3.32. The lowest BCUT2D eigenvalue weighted by molar-refractivity contribution is -0.142. The van der Waals surface area contributed by atoms with E-state index >= 15 is 0 Å². The van der Waals surface area contributed by atoms with Crippen molar-refractivity contribution in [1.29, 1.82) is 5.41 Å². The molecule has 1 aliphatic heterocycles. The van der Waals surface area contributed by atoms with Crippen LogP contribution in [0.25, 0.3) is 0 Å². The first-order valence-corrected chi connectivity index (χ1v) is 6.75. The van der Waals surface area contributed by atoms with Gasteiger partial charge in [-0.25, -0.2) is 4.79 Å². The summed E-state index contributed by atoms with van der Waals surface area (Å²) in [6.45, 7) is 1.28. The van der Waals surface area contributed by atoms with Crippen LogP contribution in [0.15, 0.2) is 24.3 Å². The first kappa shape index (κ1) is 16.3. The van der Waals surface area contributed by atoms with Crippen molar-refractivity contribution in [3.05, 3.63) is 29.8 Å². The van der Waals surface area contributed by atoms with E-state index in [1.54, 1.807) is 24.3 Å². The molecule has 23 heavy (non-hydrogen) atoms. The lowest BCUT2D eigenvalue weighted by Gasteiger charge is -2.14. The van der Waals surface area contributed by atoms with Crippen molar-refractivity contribution >= 4 is 29.5 Å². The smallest absolute Gasteiger partial charge is 0.415 e. The Morgan fingerprint density at radius 2 is 2.04 bits per heavy atom. The molecule has 1 fully saturated rings. The number of nitrogens with one attached hydrogen (secondary N) is 2. The molecule has 0 saturated carbocycles. The second kappa shape index (κ2) is 6.34. The van der Waals surface area contributed by atoms with Crippen LogP contribution < -0.4 is 16.0 Å². The quantitative estimate of drug-likeness (QED) is 0.439. The number of carboxylic acids is 1. The van der Waals surface area contributed by atoms with E-state index in [0.717, 1.165) is 0 Å². The number of amides is 2. The van der Waals surface area contributed by atoms with Crippen LogP contribution in [-0.4, -0.2) is 47.6 Å². The van der Waals surface area contributed by atoms with Crippen LogP contribution in [0.3, 0.4) is 0 Å². The van der Waals surface area contributed by atoms with Gasteiger partial charge in [-0.3, -0.25) is 19.9 Å². The first-order chi connectivity index (χ1) is 10.8. The van der Waals surface area contributed by atoms with Gasteiger partial charge in [-0.2, -0.15) is 0 Å². The maximum absolute atomic E-state index is 11.9. The number of nitrogens with zero attached hydrogens (tertiary/aromatic N) is 1. The molecule has 9 nitrogen and oxygen atoms in total. The standard InChI is InChI=1S/C14H16N4O5/c1-7(13(20)21)17-12(19)10-6-18(14(22)23-10)9-4-2-8(3-5-9)11(15)16/h2-5,7,10H,6H2,1H3,(H3,15,16)(H,17,19)(H,20,21)/t7-,10?/m1/s1. The van der Waals surface area contributed by atoms with E-state index in [4.69, 9.17) is 21.0 Å². The predicted molar refractivity (Wildman–Crippen MR) is 80.3 cm³/mol. The van der Waals surface area contributed by atoms with Crippen LogP contribution in [0.4, 0.5) is 10.5 Å². The van der Waals surface area contributed by atoms with Crippen molar-refractivity contribution < 1.29 is 24.2 Å². The number of carboxylic acid groups (broad SMARTS) is 1. The molecule has 1 aromatic carbocycles. The molecule has 5 N–H and O–H groups in total. The number of nitrogen functional groups attached to an aromatic ring is 1. The van der Waals surface area contributed by atoms with Gasteiger partial charge in [-0.05, 0) is 31.2 Å². The van der Waals surface area contributed by atoms with Gasteiger partial charge in [0, 0.05) is 11.3 Å². The van der Waals surface area contributed by atoms with E-state index in [2.05, 4.69) is 5.32 Å². The molecule has 2 amide bonds. The molecule has 1 aliphatic rings. The van der Waals surface area contributed by atoms with Crippen LogP contribution in [0.2, 0.25) is 0 Å². The van der Waals surface area contributed by atoms with E-state index in [1.807, 2.05) is 0 Å². The Bertz CT molecular complexity index is 658. The van der Waals surface area contributed by atoms with Crippen molar-refractivity contribution in [3.63, 3.8) is 0 Å². The molecule has 0 aromatic heterocycles. The van der Waals surface area contributed by atoms with Crippen molar-refractivity contribution in [2.75, 3.05) is 11.4 Å². The topological polar surface area (TPSA) is 146 Å². The molecular weight excluding hydrogens is 304 g/mol. The third kappa shape index (κ3) is 3.57. The molecule has 2 rings (SSSR count). The Hall–Kier alpha value is -3.10. The number of anilines is 1. The minimum absolute atomic E-state index is 0.0313. The summed E-state index contributed by atoms with van der Waals surface area (Å²) in [5, 5.41) is 18.3. The average Bonchev–Trinajstić information content (AvgIpc) is 2.89. The van der Waals surface area contributed by atoms with Crippen molar-refractivity contribution in [3.8, 4) is 0 Å². The highest BCUT2D eigenvalue weighted by Crippen LogP contribution is 2.22. The minimum atomic E-state index is -1.18. The number of carbonyl (C=O) groups is 3. The van der Waals surface area contributed by atoms with E-state index in [0.29, 0.717) is 11.3 Å². The molecule has 9 heteroatoms. The Labute approximate surface area is 131 Å². The van der Waals surface area contributed by atoms with Crippen LogP contribution in [0.5, 0.6) is 0 Å². The van der Waals surface area contributed by atoms with Gasteiger partial charge in [0.1, 0.15) is 11.9 Å². The molecule has 122 valence electrons. The van der Waals surface area contributed by atoms with E-state index < -0.39 is 30.1 Å². The van der Waals surface area contributed by atoms with Crippen molar-refractivity contribution in [1.82, 2.24) is 5.32 Å². The Balaban J connectivity index is 2.06. The Morgan fingerprint density at radius 3 is 2.57 bits per heavy atom. The fourth-order valence-electron chi connectivity index (χ4n) is 2.00. The zero-order valence-corrected chi connectivity index (χ0v) is 12.3. The lowest BCUT2D eigenvalue weighted by atomic mass is 10.2. The predicted octanol–water partition coefficient (Wildman–Crippen LogP) is -0.115. The first-order valence-electron chi connectivity index (χ1n) is 6.75. The molecule has 0 radical (unpaired) electrons. The zero-order valence-electron chi connectivity index (χ0n) is 12.3. The normalized spacial score (nSPS) is 18.2. The van der Waals surface area contributed by atoms with Gasteiger partial charge in [0.25, 0.3) is 5.91 Å². The summed E-state index contributed by atoms with van der Waals surface area (Å²) < 4.78 is 4.96. The lowest BCUT2D eigenvalue weighted by Crippen LogP contribution is -2.45. The third-order valence-electron chi connectivity index (χ3n) is 3.32. The van der Waals surface area contributed by atoms with E-state index in [9.17, 15) is 14.4 Å². The number of rotatable bonds is 5. The Kier molecular flexibility index (Phi) is 4.49. The van der Waals surface area contributed by atoms with Crippen LogP contribution in [0, 0.1) is 5.41 Å². The van der Waals surface area contributed by atoms with Gasteiger partial charge < -0.3 is 20.9 Å². The molecule has 1 heterocycles. The maximum Gasteiger partial charge on any atom is 0.415 e. The average molecular weight is 320 g/mol. The van der Waals surface area contributed by atoms with E-state index in [1.165, 1.54) is 11.8 Å². The fraction of sp³-hybridized carbons (Fsp3) is 0.286. The summed E-state index contributed by atoms with van der Waals surface area (Å²) in [5.41, 5.74) is 6.35. The van der Waals surface area contributed by atoms with Gasteiger partial charge in [-0.1, -0.05) is 0 Å². The summed E-state index contributed by atoms with van der Waals surface area (Å²) in [7, 11) is 0. The number of aliphatic carboxylic acids is 1. The number of carbonyl (C=O) groups excluding carboxylic acids is 2. The highest BCUT2D eigenvalue weighted by Gasteiger charge is 2.37. The molecule has 2 atom stereocenters. The van der Waals surface area contributed by atoms with Crippen LogP contribution in [0.1, 0.15) is 12.5 Å². The van der Waals surface area contributed by atoms with Gasteiger partial charge in [0.15, 0.2) is 6.10 Å². The van der Waals surface area contributed by atoms with Gasteiger partial charge >= 0.3 is 12.1 Å². The second-order valence-corrected chi connectivity index (χ2v) is 5.01. The number of nitrogens with two attached hydrogens (primary N) is 1. The molecular formula is C14H16N4O5. The van der Waals surface area contributed by atoms with Gasteiger partial charge in [-0.15, -0.1) is 0 Å². The summed E-state index contributed by atoms with van der Waals surface area (Å²) in [5.74, 6) is -1.95. The van der Waals surface area contributed by atoms with Crippen molar-refractivity contribution in [2.45, 2.75) is 19.1 Å². The largest absolute Gasteiger partial charge is 0.480 e. The molecule has 1 saturated heterocycles. The highest BCUT2D eigenvalue weighted by molar-refractivity contribution is 5.98. The highest BCUT2D eigenvalue weighted by atomic mass is 16.6. The van der Waals surface area contributed by atoms with Crippen LogP contribution >= 0.6 is 0 Å². The molecule has 0 aliphatic carbocycles. The Morgan fingerprint density at radius 1 is 1.43 bits per heavy atom. The molecule has 1 unspecified atom stereocenters. The molecule has 1 aromatic rings. The number of cyclic esters (lactones) is 1. The van der Waals surface area contributed by atoms with Crippen LogP contribution in [-0.2, 0) is 14.3 Å². The number of hydrogen-bond donors (Lipinski definition) is 4. The fourth-order valence-corrected chi connectivity index (χ4v) is 2.00. The SMILES string of the molecule is C[C@@H](NC(=O)C1CN(c2ccc(C(=N)N)cc2)C(=O)O1)C(=O)O. The van der Waals surface area contributed by atoms with Crippen molar-refractivity contribution in [2.24, 2.45) is 5.73 Å². The van der Waals surface area contributed by atoms with E-state index in [-0.39, 0.29) is 12.4 Å². The van der Waals surface area contributed by atoms with Gasteiger partial charge in [0.05, 0.1) is 6.54 Å². The summed E-state index contributed by atoms with van der Waals surface area (Å²) >= 11 is 0. The second-order valence-electron chi connectivity index (χ2n) is 5.01. The molecule has 0 bridgehead atoms. The summed E-state index contributed by atoms with van der Waals surface area (Å²) in [6.07, 6.45) is -1.79. The maximum atomic E-state index is 11.9.